The van der Waals surface area contributed by atoms with E-state index in [2.05, 4.69) is 10.3 Å². The Kier molecular flexibility index (Phi) is 5.10. The van der Waals surface area contributed by atoms with E-state index in [1.54, 1.807) is 0 Å². The fourth-order valence-corrected chi connectivity index (χ4v) is 1.69. The molecule has 0 bridgehead atoms. The predicted octanol–water partition coefficient (Wildman–Crippen LogP) is 2.28. The van der Waals surface area contributed by atoms with Gasteiger partial charge in [0, 0.05) is 18.2 Å². The molecule has 19 heavy (non-hydrogen) atoms. The lowest BCUT2D eigenvalue weighted by atomic mass is 10.2. The fourth-order valence-electron chi connectivity index (χ4n) is 1.69. The zero-order valence-corrected chi connectivity index (χ0v) is 11.5. The van der Waals surface area contributed by atoms with Gasteiger partial charge < -0.3 is 14.8 Å². The first-order valence-electron chi connectivity index (χ1n) is 6.77. The van der Waals surface area contributed by atoms with Gasteiger partial charge in [-0.25, -0.2) is 9.37 Å². The van der Waals surface area contributed by atoms with Crippen LogP contribution >= 0.6 is 0 Å². The zero-order chi connectivity index (χ0) is 13.7. The molecule has 0 saturated heterocycles. The average molecular weight is 268 g/mol. The summed E-state index contributed by atoms with van der Waals surface area (Å²) in [7, 11) is 0. The molecule has 1 aliphatic rings. The van der Waals surface area contributed by atoms with Crippen molar-refractivity contribution in [1.29, 1.82) is 0 Å². The van der Waals surface area contributed by atoms with Crippen LogP contribution in [0.3, 0.4) is 0 Å². The van der Waals surface area contributed by atoms with Crippen molar-refractivity contribution < 1.29 is 13.9 Å². The Bertz CT molecular complexity index is 408. The minimum atomic E-state index is -0.335. The van der Waals surface area contributed by atoms with Gasteiger partial charge in [-0.1, -0.05) is 0 Å². The van der Waals surface area contributed by atoms with Crippen LogP contribution in [-0.2, 0) is 11.3 Å². The van der Waals surface area contributed by atoms with E-state index in [0.29, 0.717) is 31.7 Å². The summed E-state index contributed by atoms with van der Waals surface area (Å²) in [6.07, 6.45) is 3.75. The standard InChI is InChI=1S/C14H21FN2O2/c1-10(2)18-5-6-19-14-11(7-12(15)9-17-14)8-16-13-3-4-13/h7,9-10,13,16H,3-6,8H2,1-2H3. The van der Waals surface area contributed by atoms with Crippen LogP contribution in [0.2, 0.25) is 0 Å². The largest absolute Gasteiger partial charge is 0.475 e. The van der Waals surface area contributed by atoms with Gasteiger partial charge in [-0.15, -0.1) is 0 Å². The Morgan fingerprint density at radius 2 is 2.21 bits per heavy atom. The summed E-state index contributed by atoms with van der Waals surface area (Å²) in [5, 5.41) is 3.33. The van der Waals surface area contributed by atoms with Gasteiger partial charge >= 0.3 is 0 Å². The highest BCUT2D eigenvalue weighted by molar-refractivity contribution is 5.26. The molecule has 1 aliphatic carbocycles. The molecule has 0 unspecified atom stereocenters. The summed E-state index contributed by atoms with van der Waals surface area (Å²) in [5.41, 5.74) is 0.761. The number of aromatic nitrogens is 1. The summed E-state index contributed by atoms with van der Waals surface area (Å²) in [6.45, 7) is 5.47. The number of ether oxygens (including phenoxy) is 2. The van der Waals surface area contributed by atoms with Crippen LogP contribution in [0.25, 0.3) is 0 Å². The molecule has 1 aromatic heterocycles. The summed E-state index contributed by atoms with van der Waals surface area (Å²) in [5.74, 6) is 0.153. The number of pyridine rings is 1. The lowest BCUT2D eigenvalue weighted by Crippen LogP contribution is -2.18. The second-order valence-corrected chi connectivity index (χ2v) is 5.04. The highest BCUT2D eigenvalue weighted by Gasteiger charge is 2.21. The van der Waals surface area contributed by atoms with E-state index in [1.807, 2.05) is 13.8 Å². The molecule has 1 aromatic rings. The highest BCUT2D eigenvalue weighted by Crippen LogP contribution is 2.21. The van der Waals surface area contributed by atoms with Gasteiger partial charge in [-0.05, 0) is 32.8 Å². The van der Waals surface area contributed by atoms with E-state index in [1.165, 1.54) is 25.1 Å². The molecule has 1 N–H and O–H groups in total. The van der Waals surface area contributed by atoms with Gasteiger partial charge in [0.2, 0.25) is 5.88 Å². The molecule has 0 aliphatic heterocycles. The molecule has 1 heterocycles. The van der Waals surface area contributed by atoms with Gasteiger partial charge in [0.15, 0.2) is 0 Å². The number of hydrogen-bond acceptors (Lipinski definition) is 4. The minimum absolute atomic E-state index is 0.181. The Morgan fingerprint density at radius 3 is 2.89 bits per heavy atom. The predicted molar refractivity (Wildman–Crippen MR) is 70.6 cm³/mol. The molecule has 0 atom stereocenters. The SMILES string of the molecule is CC(C)OCCOc1ncc(F)cc1CNC1CC1. The van der Waals surface area contributed by atoms with Crippen LogP contribution in [0.1, 0.15) is 32.3 Å². The van der Waals surface area contributed by atoms with Crippen molar-refractivity contribution >= 4 is 0 Å². The van der Waals surface area contributed by atoms with Crippen molar-refractivity contribution in [2.45, 2.75) is 45.4 Å². The average Bonchev–Trinajstić information content (AvgIpc) is 3.17. The molecule has 5 heteroatoms. The maximum Gasteiger partial charge on any atom is 0.218 e. The van der Waals surface area contributed by atoms with Crippen LogP contribution in [0, 0.1) is 5.82 Å². The summed E-state index contributed by atoms with van der Waals surface area (Å²) < 4.78 is 24.2. The third-order valence-electron chi connectivity index (χ3n) is 2.82. The first kappa shape index (κ1) is 14.2. The molecular formula is C14H21FN2O2. The van der Waals surface area contributed by atoms with Gasteiger partial charge in [-0.3, -0.25) is 0 Å². The molecule has 0 amide bonds. The third-order valence-corrected chi connectivity index (χ3v) is 2.82. The number of hydrogen-bond donors (Lipinski definition) is 1. The summed E-state index contributed by atoms with van der Waals surface area (Å²) >= 11 is 0. The monoisotopic (exact) mass is 268 g/mol. The third kappa shape index (κ3) is 5.12. The number of nitrogens with one attached hydrogen (secondary N) is 1. The van der Waals surface area contributed by atoms with Gasteiger partial charge in [0.25, 0.3) is 0 Å². The zero-order valence-electron chi connectivity index (χ0n) is 11.5. The molecule has 0 spiro atoms. The Morgan fingerprint density at radius 1 is 1.42 bits per heavy atom. The quantitative estimate of drug-likeness (QED) is 0.735. The van der Waals surface area contributed by atoms with Gasteiger partial charge in [0.05, 0.1) is 18.9 Å². The maximum atomic E-state index is 13.2. The van der Waals surface area contributed by atoms with E-state index in [-0.39, 0.29) is 11.9 Å². The Labute approximate surface area is 113 Å². The molecule has 106 valence electrons. The second kappa shape index (κ2) is 6.82. The van der Waals surface area contributed by atoms with E-state index < -0.39 is 0 Å². The molecular weight excluding hydrogens is 247 g/mol. The van der Waals surface area contributed by atoms with Crippen LogP contribution in [0.15, 0.2) is 12.3 Å². The van der Waals surface area contributed by atoms with E-state index in [9.17, 15) is 4.39 Å². The Hall–Kier alpha value is -1.20. The van der Waals surface area contributed by atoms with Crippen LogP contribution in [-0.4, -0.2) is 30.3 Å². The normalized spacial score (nSPS) is 14.9. The first-order valence-corrected chi connectivity index (χ1v) is 6.77. The molecule has 0 radical (unpaired) electrons. The van der Waals surface area contributed by atoms with Crippen molar-refractivity contribution in [3.05, 3.63) is 23.6 Å². The van der Waals surface area contributed by atoms with Crippen molar-refractivity contribution in [3.63, 3.8) is 0 Å². The van der Waals surface area contributed by atoms with Crippen molar-refractivity contribution in [2.75, 3.05) is 13.2 Å². The van der Waals surface area contributed by atoms with Crippen molar-refractivity contribution in [2.24, 2.45) is 0 Å². The van der Waals surface area contributed by atoms with E-state index in [0.717, 1.165) is 5.56 Å². The molecule has 1 saturated carbocycles. The molecule has 0 aromatic carbocycles. The maximum absolute atomic E-state index is 13.2. The second-order valence-electron chi connectivity index (χ2n) is 5.04. The van der Waals surface area contributed by atoms with E-state index >= 15 is 0 Å². The van der Waals surface area contributed by atoms with Gasteiger partial charge in [0.1, 0.15) is 12.4 Å². The lowest BCUT2D eigenvalue weighted by Gasteiger charge is -2.12. The number of rotatable bonds is 8. The van der Waals surface area contributed by atoms with Crippen LogP contribution in [0.4, 0.5) is 4.39 Å². The fraction of sp³-hybridized carbons (Fsp3) is 0.643. The Balaban J connectivity index is 1.85. The molecule has 2 rings (SSSR count). The smallest absolute Gasteiger partial charge is 0.218 e. The van der Waals surface area contributed by atoms with Crippen LogP contribution < -0.4 is 10.1 Å². The summed E-state index contributed by atoms with van der Waals surface area (Å²) in [6, 6.07) is 2.04. The van der Waals surface area contributed by atoms with E-state index in [4.69, 9.17) is 9.47 Å². The molecule has 1 fully saturated rings. The topological polar surface area (TPSA) is 43.4 Å². The van der Waals surface area contributed by atoms with Crippen molar-refractivity contribution in [3.8, 4) is 5.88 Å². The summed E-state index contributed by atoms with van der Waals surface area (Å²) in [4.78, 5) is 4.00. The van der Waals surface area contributed by atoms with Gasteiger partial charge in [-0.2, -0.15) is 0 Å². The highest BCUT2D eigenvalue weighted by atomic mass is 19.1. The number of halogens is 1. The van der Waals surface area contributed by atoms with Crippen LogP contribution in [0.5, 0.6) is 5.88 Å². The first-order chi connectivity index (χ1) is 9.15. The molecule has 4 nitrogen and oxygen atoms in total. The lowest BCUT2D eigenvalue weighted by molar-refractivity contribution is 0.0539. The number of nitrogens with zero attached hydrogens (tertiary/aromatic N) is 1. The van der Waals surface area contributed by atoms with Crippen molar-refractivity contribution in [1.82, 2.24) is 10.3 Å². The minimum Gasteiger partial charge on any atom is -0.475 e.